The number of carboxylic acids is 1. The van der Waals surface area contributed by atoms with E-state index in [-0.39, 0.29) is 4.88 Å². The fourth-order valence-electron chi connectivity index (χ4n) is 1.59. The fourth-order valence-corrected chi connectivity index (χ4v) is 2.60. The number of ether oxygens (including phenoxy) is 1. The zero-order chi connectivity index (χ0) is 13.8. The minimum absolute atomic E-state index is 0.255. The molecule has 0 fully saturated rings. The van der Waals surface area contributed by atoms with Crippen molar-refractivity contribution in [2.75, 3.05) is 0 Å². The summed E-state index contributed by atoms with van der Waals surface area (Å²) in [5, 5.41) is 9.79. The molecule has 0 aliphatic heterocycles. The standard InChI is InChI=1S/C14H13ClO3S/c1-2-11-7-12(13(19-11)14(16)17)18-8-9-3-5-10(15)6-4-9/h3-7H,2,8H2,1H3,(H,16,17). The molecule has 0 amide bonds. The van der Waals surface area contributed by atoms with Gasteiger partial charge in [-0.3, -0.25) is 0 Å². The number of rotatable bonds is 5. The summed E-state index contributed by atoms with van der Waals surface area (Å²) in [5.41, 5.74) is 0.949. The predicted molar refractivity (Wildman–Crippen MR) is 76.4 cm³/mol. The average molecular weight is 297 g/mol. The summed E-state index contributed by atoms with van der Waals surface area (Å²) in [7, 11) is 0. The Kier molecular flexibility index (Phi) is 4.45. The van der Waals surface area contributed by atoms with Crippen LogP contribution in [0.2, 0.25) is 5.02 Å². The molecule has 0 saturated heterocycles. The molecule has 5 heteroatoms. The molecule has 2 rings (SSSR count). The highest BCUT2D eigenvalue weighted by molar-refractivity contribution is 7.14. The lowest BCUT2D eigenvalue weighted by Crippen LogP contribution is -1.99. The number of halogens is 1. The topological polar surface area (TPSA) is 46.5 Å². The van der Waals surface area contributed by atoms with Crippen LogP contribution in [-0.4, -0.2) is 11.1 Å². The van der Waals surface area contributed by atoms with Crippen LogP contribution in [0.4, 0.5) is 0 Å². The summed E-state index contributed by atoms with van der Waals surface area (Å²) in [6.45, 7) is 2.32. The molecular formula is C14H13ClO3S. The first-order chi connectivity index (χ1) is 9.10. The highest BCUT2D eigenvalue weighted by atomic mass is 35.5. The Hall–Kier alpha value is -1.52. The molecule has 1 heterocycles. The fraction of sp³-hybridized carbons (Fsp3) is 0.214. The van der Waals surface area contributed by atoms with Crippen molar-refractivity contribution >= 4 is 28.9 Å². The van der Waals surface area contributed by atoms with E-state index in [1.807, 2.05) is 19.1 Å². The molecule has 3 nitrogen and oxygen atoms in total. The molecule has 0 aliphatic carbocycles. The average Bonchev–Trinajstić information content (AvgIpc) is 2.81. The summed E-state index contributed by atoms with van der Waals surface area (Å²) in [5.74, 6) is -0.514. The van der Waals surface area contributed by atoms with Crippen molar-refractivity contribution in [3.8, 4) is 5.75 Å². The van der Waals surface area contributed by atoms with Gasteiger partial charge in [0.15, 0.2) is 4.88 Å². The lowest BCUT2D eigenvalue weighted by Gasteiger charge is -2.05. The van der Waals surface area contributed by atoms with E-state index in [0.717, 1.165) is 16.9 Å². The molecule has 1 aromatic carbocycles. The second kappa shape index (κ2) is 6.08. The molecular weight excluding hydrogens is 284 g/mol. The lowest BCUT2D eigenvalue weighted by atomic mass is 10.2. The van der Waals surface area contributed by atoms with Crippen molar-refractivity contribution in [3.05, 3.63) is 50.7 Å². The molecule has 100 valence electrons. The lowest BCUT2D eigenvalue weighted by molar-refractivity contribution is 0.0697. The Labute approximate surface area is 120 Å². The number of hydrogen-bond donors (Lipinski definition) is 1. The number of carboxylic acid groups (broad SMARTS) is 1. The smallest absolute Gasteiger partial charge is 0.349 e. The van der Waals surface area contributed by atoms with E-state index in [4.69, 9.17) is 21.4 Å². The van der Waals surface area contributed by atoms with E-state index in [2.05, 4.69) is 0 Å². The molecule has 0 atom stereocenters. The normalized spacial score (nSPS) is 10.4. The summed E-state index contributed by atoms with van der Waals surface area (Å²) in [6.07, 6.45) is 0.801. The first-order valence-corrected chi connectivity index (χ1v) is 7.03. The molecule has 0 aliphatic rings. The van der Waals surface area contributed by atoms with Gasteiger partial charge in [-0.05, 0) is 30.2 Å². The van der Waals surface area contributed by atoms with Gasteiger partial charge in [-0.2, -0.15) is 0 Å². The van der Waals surface area contributed by atoms with Crippen molar-refractivity contribution < 1.29 is 14.6 Å². The Balaban J connectivity index is 2.12. The largest absolute Gasteiger partial charge is 0.487 e. The van der Waals surface area contributed by atoms with Crippen molar-refractivity contribution in [3.63, 3.8) is 0 Å². The Bertz CT molecular complexity index is 575. The van der Waals surface area contributed by atoms with Crippen LogP contribution < -0.4 is 4.74 Å². The zero-order valence-electron chi connectivity index (χ0n) is 10.4. The number of carbonyl (C=O) groups is 1. The molecule has 1 N–H and O–H groups in total. The first kappa shape index (κ1) is 13.9. The van der Waals surface area contributed by atoms with E-state index in [9.17, 15) is 4.79 Å². The van der Waals surface area contributed by atoms with Crippen molar-refractivity contribution in [1.82, 2.24) is 0 Å². The molecule has 0 bridgehead atoms. The van der Waals surface area contributed by atoms with Gasteiger partial charge in [0.1, 0.15) is 12.4 Å². The van der Waals surface area contributed by atoms with Crippen LogP contribution in [0.25, 0.3) is 0 Å². The molecule has 0 spiro atoms. The Morgan fingerprint density at radius 1 is 1.37 bits per heavy atom. The zero-order valence-corrected chi connectivity index (χ0v) is 11.9. The number of aromatic carboxylic acids is 1. The number of aryl methyl sites for hydroxylation is 1. The van der Waals surface area contributed by atoms with Crippen LogP contribution in [-0.2, 0) is 13.0 Å². The van der Waals surface area contributed by atoms with Crippen LogP contribution >= 0.6 is 22.9 Å². The van der Waals surface area contributed by atoms with Crippen molar-refractivity contribution in [2.24, 2.45) is 0 Å². The highest BCUT2D eigenvalue weighted by Crippen LogP contribution is 2.30. The number of benzene rings is 1. The first-order valence-electron chi connectivity index (χ1n) is 5.83. The van der Waals surface area contributed by atoms with Crippen LogP contribution in [0.15, 0.2) is 30.3 Å². The quantitative estimate of drug-likeness (QED) is 0.897. The maximum atomic E-state index is 11.1. The maximum Gasteiger partial charge on any atom is 0.349 e. The van der Waals surface area contributed by atoms with Crippen LogP contribution in [0.5, 0.6) is 5.75 Å². The third kappa shape index (κ3) is 3.49. The second-order valence-electron chi connectivity index (χ2n) is 3.98. The monoisotopic (exact) mass is 296 g/mol. The molecule has 0 saturated carbocycles. The molecule has 0 unspecified atom stereocenters. The molecule has 19 heavy (non-hydrogen) atoms. The minimum Gasteiger partial charge on any atom is -0.487 e. The van der Waals surface area contributed by atoms with E-state index >= 15 is 0 Å². The van der Waals surface area contributed by atoms with Crippen molar-refractivity contribution in [2.45, 2.75) is 20.0 Å². The van der Waals surface area contributed by atoms with Crippen molar-refractivity contribution in [1.29, 1.82) is 0 Å². The minimum atomic E-state index is -0.948. The van der Waals surface area contributed by atoms with Crippen LogP contribution in [0.3, 0.4) is 0 Å². The predicted octanol–water partition coefficient (Wildman–Crippen LogP) is 4.24. The second-order valence-corrected chi connectivity index (χ2v) is 5.55. The third-order valence-corrected chi connectivity index (χ3v) is 4.10. The van der Waals surface area contributed by atoms with Gasteiger partial charge >= 0.3 is 5.97 Å². The molecule has 1 aromatic heterocycles. The maximum absolute atomic E-state index is 11.1. The molecule has 2 aromatic rings. The summed E-state index contributed by atoms with van der Waals surface area (Å²) in [4.78, 5) is 12.4. The highest BCUT2D eigenvalue weighted by Gasteiger charge is 2.16. The van der Waals surface area contributed by atoms with E-state index < -0.39 is 5.97 Å². The van der Waals surface area contributed by atoms with Gasteiger partial charge in [0, 0.05) is 9.90 Å². The van der Waals surface area contributed by atoms with Gasteiger partial charge in [-0.15, -0.1) is 11.3 Å². The summed E-state index contributed by atoms with van der Waals surface area (Å²) >= 11 is 7.06. The number of hydrogen-bond acceptors (Lipinski definition) is 3. The Morgan fingerprint density at radius 3 is 2.63 bits per heavy atom. The Morgan fingerprint density at radius 2 is 2.05 bits per heavy atom. The third-order valence-electron chi connectivity index (χ3n) is 2.60. The van der Waals surface area contributed by atoms with E-state index in [1.54, 1.807) is 18.2 Å². The van der Waals surface area contributed by atoms with Gasteiger partial charge in [0.2, 0.25) is 0 Å². The SMILES string of the molecule is CCc1cc(OCc2ccc(Cl)cc2)c(C(=O)O)s1. The summed E-state index contributed by atoms with van der Waals surface area (Å²) in [6, 6.07) is 9.07. The van der Waals surface area contributed by atoms with Gasteiger partial charge < -0.3 is 9.84 Å². The van der Waals surface area contributed by atoms with E-state index in [1.165, 1.54) is 11.3 Å². The van der Waals surface area contributed by atoms with E-state index in [0.29, 0.717) is 17.4 Å². The molecule has 0 radical (unpaired) electrons. The van der Waals surface area contributed by atoms with Gasteiger partial charge in [0.05, 0.1) is 0 Å². The summed E-state index contributed by atoms with van der Waals surface area (Å²) < 4.78 is 5.59. The van der Waals surface area contributed by atoms with Gasteiger partial charge in [0.25, 0.3) is 0 Å². The van der Waals surface area contributed by atoms with Gasteiger partial charge in [-0.1, -0.05) is 30.7 Å². The van der Waals surface area contributed by atoms with Crippen LogP contribution in [0, 0.1) is 0 Å². The van der Waals surface area contributed by atoms with Gasteiger partial charge in [-0.25, -0.2) is 4.79 Å². The van der Waals surface area contributed by atoms with Crippen LogP contribution in [0.1, 0.15) is 27.0 Å². The number of thiophene rings is 1.